The number of rotatable bonds is 55. The lowest BCUT2D eigenvalue weighted by molar-refractivity contribution is -0.167. The molecule has 0 amide bonds. The first-order valence-electron chi connectivity index (χ1n) is 30.0. The minimum absolute atomic E-state index is 0.0727. The predicted octanol–water partition coefficient (Wildman–Crippen LogP) is 20.0. The number of allylic oxidation sites excluding steroid dienone is 6. The van der Waals surface area contributed by atoms with Gasteiger partial charge in [0.25, 0.3) is 0 Å². The van der Waals surface area contributed by atoms with Crippen LogP contribution in [0.1, 0.15) is 323 Å². The fourth-order valence-electron chi connectivity index (χ4n) is 8.86. The summed E-state index contributed by atoms with van der Waals surface area (Å²) in [7, 11) is 0. The lowest BCUT2D eigenvalue weighted by Crippen LogP contribution is -2.30. The highest BCUT2D eigenvalue weighted by Crippen LogP contribution is 2.17. The van der Waals surface area contributed by atoms with E-state index in [4.69, 9.17) is 14.2 Å². The second-order valence-corrected chi connectivity index (χ2v) is 20.3. The molecule has 1 unspecified atom stereocenters. The molecular formula is C62H114O6. The first kappa shape index (κ1) is 65.6. The van der Waals surface area contributed by atoms with Gasteiger partial charge in [0.05, 0.1) is 0 Å². The van der Waals surface area contributed by atoms with Crippen LogP contribution in [0.3, 0.4) is 0 Å². The first-order valence-corrected chi connectivity index (χ1v) is 30.0. The monoisotopic (exact) mass is 955 g/mol. The Balaban J connectivity index is 4.29. The maximum atomic E-state index is 12.9. The van der Waals surface area contributed by atoms with Gasteiger partial charge in [-0.3, -0.25) is 14.4 Å². The van der Waals surface area contributed by atoms with Crippen molar-refractivity contribution in [2.24, 2.45) is 0 Å². The molecule has 0 aliphatic heterocycles. The number of hydrogen-bond acceptors (Lipinski definition) is 6. The zero-order chi connectivity index (χ0) is 49.3. The van der Waals surface area contributed by atoms with Crippen molar-refractivity contribution >= 4 is 17.9 Å². The van der Waals surface area contributed by atoms with Crippen LogP contribution >= 0.6 is 0 Å². The number of hydrogen-bond donors (Lipinski definition) is 0. The van der Waals surface area contributed by atoms with E-state index in [0.29, 0.717) is 19.3 Å². The van der Waals surface area contributed by atoms with Crippen molar-refractivity contribution in [2.45, 2.75) is 329 Å². The van der Waals surface area contributed by atoms with Crippen molar-refractivity contribution in [3.63, 3.8) is 0 Å². The van der Waals surface area contributed by atoms with Crippen molar-refractivity contribution in [2.75, 3.05) is 13.2 Å². The van der Waals surface area contributed by atoms with Gasteiger partial charge in [-0.05, 0) is 57.8 Å². The molecule has 6 heteroatoms. The van der Waals surface area contributed by atoms with Crippen LogP contribution in [0, 0.1) is 0 Å². The van der Waals surface area contributed by atoms with Gasteiger partial charge < -0.3 is 14.2 Å². The molecule has 0 aliphatic carbocycles. The number of unbranched alkanes of at least 4 members (excludes halogenated alkanes) is 38. The standard InChI is InChI=1S/C62H114O6/c1-4-7-10-13-16-19-22-24-26-28-30-32-33-35-37-40-43-46-49-52-55-61(64)67-58-59(57-66-60(63)54-51-48-45-42-39-21-18-15-12-9-6-3)68-62(65)56-53-50-47-44-41-38-36-34-31-29-27-25-23-20-17-14-11-8-5-2/h17,20,25,27,31,34,59H,4-16,18-19,21-24,26,28-30,32-33,35-58H2,1-3H3/b20-17-,27-25-,34-31-. The van der Waals surface area contributed by atoms with E-state index in [9.17, 15) is 14.4 Å². The summed E-state index contributed by atoms with van der Waals surface area (Å²) >= 11 is 0. The third-order valence-electron chi connectivity index (χ3n) is 13.4. The molecule has 1 atom stereocenters. The molecule has 398 valence electrons. The molecule has 6 nitrogen and oxygen atoms in total. The molecule has 0 bridgehead atoms. The highest BCUT2D eigenvalue weighted by Gasteiger charge is 2.19. The Kier molecular flexibility index (Phi) is 55.2. The maximum absolute atomic E-state index is 12.9. The second kappa shape index (κ2) is 57.2. The molecule has 0 fully saturated rings. The summed E-state index contributed by atoms with van der Waals surface area (Å²) in [5.74, 6) is -0.866. The number of ether oxygens (including phenoxy) is 3. The lowest BCUT2D eigenvalue weighted by Gasteiger charge is -2.18. The summed E-state index contributed by atoms with van der Waals surface area (Å²) < 4.78 is 16.9. The average molecular weight is 956 g/mol. The molecule has 0 aromatic carbocycles. The normalized spacial score (nSPS) is 12.2. The van der Waals surface area contributed by atoms with Crippen LogP contribution in [-0.4, -0.2) is 37.2 Å². The fourth-order valence-corrected chi connectivity index (χ4v) is 8.86. The molecule has 0 aliphatic rings. The van der Waals surface area contributed by atoms with Gasteiger partial charge in [-0.25, -0.2) is 0 Å². The zero-order valence-corrected chi connectivity index (χ0v) is 45.6. The van der Waals surface area contributed by atoms with Crippen LogP contribution in [0.25, 0.3) is 0 Å². The molecule has 0 radical (unpaired) electrons. The second-order valence-electron chi connectivity index (χ2n) is 20.3. The molecule has 0 rings (SSSR count). The number of esters is 3. The summed E-state index contributed by atoms with van der Waals surface area (Å²) in [6.45, 7) is 6.64. The molecule has 0 spiro atoms. The van der Waals surface area contributed by atoms with Gasteiger partial charge in [-0.2, -0.15) is 0 Å². The van der Waals surface area contributed by atoms with E-state index in [1.807, 2.05) is 0 Å². The average Bonchev–Trinajstić information content (AvgIpc) is 3.34. The maximum Gasteiger partial charge on any atom is 0.306 e. The zero-order valence-electron chi connectivity index (χ0n) is 45.6. The number of carbonyl (C=O) groups is 3. The van der Waals surface area contributed by atoms with Crippen molar-refractivity contribution in [3.8, 4) is 0 Å². The van der Waals surface area contributed by atoms with Crippen LogP contribution in [0.2, 0.25) is 0 Å². The largest absolute Gasteiger partial charge is 0.462 e. The van der Waals surface area contributed by atoms with Crippen molar-refractivity contribution in [1.82, 2.24) is 0 Å². The smallest absolute Gasteiger partial charge is 0.306 e. The molecule has 68 heavy (non-hydrogen) atoms. The highest BCUT2D eigenvalue weighted by atomic mass is 16.6. The number of carbonyl (C=O) groups excluding carboxylic acids is 3. The Bertz CT molecular complexity index is 1140. The minimum atomic E-state index is -0.775. The summed E-state index contributed by atoms with van der Waals surface area (Å²) in [5.41, 5.74) is 0. The lowest BCUT2D eigenvalue weighted by atomic mass is 10.0. The van der Waals surface area contributed by atoms with Crippen molar-refractivity contribution in [3.05, 3.63) is 36.5 Å². The Hall–Kier alpha value is -2.37. The molecule has 0 saturated heterocycles. The Morgan fingerprint density at radius 1 is 0.294 bits per heavy atom. The van der Waals surface area contributed by atoms with Crippen molar-refractivity contribution < 1.29 is 28.6 Å². The third kappa shape index (κ3) is 54.6. The van der Waals surface area contributed by atoms with E-state index in [1.54, 1.807) is 0 Å². The van der Waals surface area contributed by atoms with Gasteiger partial charge in [0.2, 0.25) is 0 Å². The predicted molar refractivity (Wildman–Crippen MR) is 293 cm³/mol. The summed E-state index contributed by atoms with van der Waals surface area (Å²) in [6, 6.07) is 0. The van der Waals surface area contributed by atoms with Gasteiger partial charge in [0.15, 0.2) is 6.10 Å². The van der Waals surface area contributed by atoms with Gasteiger partial charge >= 0.3 is 17.9 Å². The Morgan fingerprint density at radius 2 is 0.529 bits per heavy atom. The van der Waals surface area contributed by atoms with Gasteiger partial charge in [-0.15, -0.1) is 0 Å². The topological polar surface area (TPSA) is 78.9 Å². The molecular weight excluding hydrogens is 841 g/mol. The molecule has 0 aromatic rings. The van der Waals surface area contributed by atoms with Gasteiger partial charge in [0.1, 0.15) is 13.2 Å². The van der Waals surface area contributed by atoms with Crippen LogP contribution in [0.4, 0.5) is 0 Å². The van der Waals surface area contributed by atoms with Crippen LogP contribution in [0.5, 0.6) is 0 Å². The molecule has 0 aromatic heterocycles. The summed E-state index contributed by atoms with van der Waals surface area (Å²) in [6.07, 6.45) is 68.5. The quantitative estimate of drug-likeness (QED) is 0.0262. The van der Waals surface area contributed by atoms with E-state index in [1.165, 1.54) is 205 Å². The van der Waals surface area contributed by atoms with E-state index >= 15 is 0 Å². The highest BCUT2D eigenvalue weighted by molar-refractivity contribution is 5.71. The van der Waals surface area contributed by atoms with Crippen LogP contribution < -0.4 is 0 Å². The third-order valence-corrected chi connectivity index (χ3v) is 13.4. The van der Waals surface area contributed by atoms with E-state index in [0.717, 1.165) is 77.0 Å². The van der Waals surface area contributed by atoms with E-state index < -0.39 is 6.10 Å². The van der Waals surface area contributed by atoms with Crippen LogP contribution in [0.15, 0.2) is 36.5 Å². The molecule has 0 N–H and O–H groups in total. The molecule has 0 heterocycles. The summed E-state index contributed by atoms with van der Waals surface area (Å²) in [4.78, 5) is 38.1. The van der Waals surface area contributed by atoms with E-state index in [-0.39, 0.29) is 31.1 Å². The molecule has 0 saturated carbocycles. The Labute approximate surface area is 423 Å². The van der Waals surface area contributed by atoms with Gasteiger partial charge in [0, 0.05) is 19.3 Å². The first-order chi connectivity index (χ1) is 33.5. The van der Waals surface area contributed by atoms with Crippen molar-refractivity contribution in [1.29, 1.82) is 0 Å². The fraction of sp³-hybridized carbons (Fsp3) is 0.855. The summed E-state index contributed by atoms with van der Waals surface area (Å²) in [5, 5.41) is 0. The Morgan fingerprint density at radius 3 is 0.853 bits per heavy atom. The SMILES string of the molecule is CCCCC/C=C\C/C=C\C/C=C\CCCCCCCCC(=O)OC(COC(=O)CCCCCCCCCCCCC)COC(=O)CCCCCCCCCCCCCCCCCCCCCC. The minimum Gasteiger partial charge on any atom is -0.462 e. The van der Waals surface area contributed by atoms with Crippen LogP contribution in [-0.2, 0) is 28.6 Å². The van der Waals surface area contributed by atoms with Gasteiger partial charge in [-0.1, -0.05) is 282 Å². The van der Waals surface area contributed by atoms with E-state index in [2.05, 4.69) is 57.2 Å².